The molecular formula is C13H11NO4. The maximum Gasteiger partial charge on any atom is 0.198 e. The predicted octanol–water partition coefficient (Wildman–Crippen LogP) is 2.12. The van der Waals surface area contributed by atoms with Crippen molar-refractivity contribution in [2.24, 2.45) is 0 Å². The average Bonchev–Trinajstić information content (AvgIpc) is 2.87. The fourth-order valence-electron chi connectivity index (χ4n) is 1.55. The lowest BCUT2D eigenvalue weighted by atomic mass is 10.0. The second-order valence-electron chi connectivity index (χ2n) is 3.69. The highest BCUT2D eigenvalue weighted by Crippen LogP contribution is 2.17. The van der Waals surface area contributed by atoms with Crippen LogP contribution in [0.1, 0.15) is 33.3 Å². The van der Waals surface area contributed by atoms with E-state index in [4.69, 9.17) is 4.74 Å². The second-order valence-corrected chi connectivity index (χ2v) is 3.69. The molecule has 1 aromatic heterocycles. The molecule has 0 spiro atoms. The third-order valence-electron chi connectivity index (χ3n) is 2.50. The number of aromatic nitrogens is 1. The minimum Gasteiger partial charge on any atom is -0.497 e. The van der Waals surface area contributed by atoms with Crippen molar-refractivity contribution in [1.82, 2.24) is 5.16 Å². The lowest BCUT2D eigenvalue weighted by Crippen LogP contribution is -2.06. The SMILES string of the molecule is COc1ccc(C(=O)c2conc2C(C)=O)cc1. The Bertz CT molecular complexity index is 583. The Hall–Kier alpha value is -2.43. The Balaban J connectivity index is 2.35. The zero-order chi connectivity index (χ0) is 13.1. The number of methoxy groups -OCH3 is 1. The molecule has 0 saturated heterocycles. The van der Waals surface area contributed by atoms with Gasteiger partial charge in [-0.15, -0.1) is 0 Å². The first kappa shape index (κ1) is 12.0. The van der Waals surface area contributed by atoms with Crippen LogP contribution in [0.15, 0.2) is 35.1 Å². The molecule has 0 saturated carbocycles. The van der Waals surface area contributed by atoms with E-state index < -0.39 is 0 Å². The van der Waals surface area contributed by atoms with Gasteiger partial charge in [-0.3, -0.25) is 9.59 Å². The number of hydrogen-bond acceptors (Lipinski definition) is 5. The molecule has 0 radical (unpaired) electrons. The first-order valence-electron chi connectivity index (χ1n) is 5.27. The molecule has 0 aliphatic rings. The molecule has 92 valence electrons. The van der Waals surface area contributed by atoms with Crippen molar-refractivity contribution in [3.63, 3.8) is 0 Å². The molecule has 0 N–H and O–H groups in total. The number of carbonyl (C=O) groups is 2. The van der Waals surface area contributed by atoms with E-state index in [9.17, 15) is 9.59 Å². The Kier molecular flexibility index (Phi) is 3.23. The Morgan fingerprint density at radius 3 is 2.44 bits per heavy atom. The van der Waals surface area contributed by atoms with Crippen LogP contribution in [0.3, 0.4) is 0 Å². The molecule has 18 heavy (non-hydrogen) atoms. The minimum atomic E-state index is -0.305. The average molecular weight is 245 g/mol. The number of hydrogen-bond donors (Lipinski definition) is 0. The maximum atomic E-state index is 12.1. The van der Waals surface area contributed by atoms with Crippen LogP contribution < -0.4 is 4.74 Å². The zero-order valence-corrected chi connectivity index (χ0v) is 9.97. The maximum absolute atomic E-state index is 12.1. The highest BCUT2D eigenvalue weighted by Gasteiger charge is 2.20. The fraction of sp³-hybridized carbons (Fsp3) is 0.154. The molecule has 0 aliphatic heterocycles. The van der Waals surface area contributed by atoms with E-state index in [1.54, 1.807) is 31.4 Å². The third kappa shape index (κ3) is 2.15. The van der Waals surface area contributed by atoms with Gasteiger partial charge in [-0.05, 0) is 24.3 Å². The topological polar surface area (TPSA) is 69.4 Å². The van der Waals surface area contributed by atoms with Crippen LogP contribution in [0.25, 0.3) is 0 Å². The first-order chi connectivity index (χ1) is 8.63. The van der Waals surface area contributed by atoms with Gasteiger partial charge in [0.25, 0.3) is 0 Å². The molecule has 0 bridgehead atoms. The van der Waals surface area contributed by atoms with Crippen LogP contribution in [-0.2, 0) is 0 Å². The number of benzene rings is 1. The van der Waals surface area contributed by atoms with E-state index in [0.29, 0.717) is 11.3 Å². The van der Waals surface area contributed by atoms with Crippen molar-refractivity contribution in [1.29, 1.82) is 0 Å². The third-order valence-corrected chi connectivity index (χ3v) is 2.50. The lowest BCUT2D eigenvalue weighted by Gasteiger charge is -2.01. The van der Waals surface area contributed by atoms with Crippen molar-refractivity contribution in [3.8, 4) is 5.75 Å². The fourth-order valence-corrected chi connectivity index (χ4v) is 1.55. The normalized spacial score (nSPS) is 10.1. The van der Waals surface area contributed by atoms with Crippen molar-refractivity contribution >= 4 is 11.6 Å². The van der Waals surface area contributed by atoms with E-state index in [1.807, 2.05) is 0 Å². The molecule has 1 aromatic carbocycles. The molecule has 5 heteroatoms. The van der Waals surface area contributed by atoms with Gasteiger partial charge in [-0.1, -0.05) is 5.16 Å². The van der Waals surface area contributed by atoms with Crippen LogP contribution in [-0.4, -0.2) is 23.8 Å². The second kappa shape index (κ2) is 4.83. The molecular weight excluding hydrogens is 234 g/mol. The Morgan fingerprint density at radius 1 is 1.22 bits per heavy atom. The Morgan fingerprint density at radius 2 is 1.89 bits per heavy atom. The van der Waals surface area contributed by atoms with Crippen molar-refractivity contribution < 1.29 is 18.8 Å². The summed E-state index contributed by atoms with van der Waals surface area (Å²) in [5.74, 6) is 0.0494. The smallest absolute Gasteiger partial charge is 0.198 e. The van der Waals surface area contributed by atoms with E-state index in [1.165, 1.54) is 13.2 Å². The quantitative estimate of drug-likeness (QED) is 0.771. The molecule has 2 rings (SSSR count). The van der Waals surface area contributed by atoms with Crippen LogP contribution in [0.5, 0.6) is 5.75 Å². The summed E-state index contributed by atoms with van der Waals surface area (Å²) in [4.78, 5) is 23.4. The Labute approximate surface area is 103 Å². The summed E-state index contributed by atoms with van der Waals surface area (Å²) in [7, 11) is 1.55. The monoisotopic (exact) mass is 245 g/mol. The number of nitrogens with zero attached hydrogens (tertiary/aromatic N) is 1. The van der Waals surface area contributed by atoms with Crippen LogP contribution in [0.4, 0.5) is 0 Å². The van der Waals surface area contributed by atoms with Gasteiger partial charge < -0.3 is 9.26 Å². The van der Waals surface area contributed by atoms with Gasteiger partial charge in [0, 0.05) is 12.5 Å². The van der Waals surface area contributed by atoms with Gasteiger partial charge >= 0.3 is 0 Å². The zero-order valence-electron chi connectivity index (χ0n) is 9.97. The van der Waals surface area contributed by atoms with Gasteiger partial charge in [0.1, 0.15) is 12.0 Å². The summed E-state index contributed by atoms with van der Waals surface area (Å²) in [5.41, 5.74) is 0.671. The van der Waals surface area contributed by atoms with E-state index >= 15 is 0 Å². The summed E-state index contributed by atoms with van der Waals surface area (Å²) in [6.07, 6.45) is 1.18. The number of Topliss-reactive ketones (excluding diaryl/α,β-unsaturated/α-hetero) is 1. The van der Waals surface area contributed by atoms with Crippen LogP contribution in [0, 0.1) is 0 Å². The molecule has 5 nitrogen and oxygen atoms in total. The number of rotatable bonds is 4. The summed E-state index contributed by atoms with van der Waals surface area (Å²) in [6.45, 7) is 1.34. The minimum absolute atomic E-state index is 0.0517. The highest BCUT2D eigenvalue weighted by molar-refractivity contribution is 6.14. The van der Waals surface area contributed by atoms with Gasteiger partial charge in [-0.25, -0.2) is 0 Å². The largest absolute Gasteiger partial charge is 0.497 e. The van der Waals surface area contributed by atoms with Gasteiger partial charge in [0.05, 0.1) is 12.7 Å². The predicted molar refractivity (Wildman–Crippen MR) is 62.9 cm³/mol. The van der Waals surface area contributed by atoms with Gasteiger partial charge in [0.2, 0.25) is 0 Å². The summed E-state index contributed by atoms with van der Waals surface area (Å²) >= 11 is 0. The summed E-state index contributed by atoms with van der Waals surface area (Å²) < 4.78 is 9.68. The lowest BCUT2D eigenvalue weighted by molar-refractivity contribution is 0.0986. The molecule has 2 aromatic rings. The molecule has 0 amide bonds. The van der Waals surface area contributed by atoms with Crippen LogP contribution in [0.2, 0.25) is 0 Å². The van der Waals surface area contributed by atoms with Crippen molar-refractivity contribution in [2.45, 2.75) is 6.92 Å². The van der Waals surface area contributed by atoms with Crippen molar-refractivity contribution in [3.05, 3.63) is 47.3 Å². The standard InChI is InChI=1S/C13H11NO4/c1-8(15)12-11(7-18-14-12)13(16)9-3-5-10(17-2)6-4-9/h3-7H,1-2H3. The van der Waals surface area contributed by atoms with Gasteiger partial charge in [-0.2, -0.15) is 0 Å². The first-order valence-corrected chi connectivity index (χ1v) is 5.27. The van der Waals surface area contributed by atoms with E-state index in [-0.39, 0.29) is 22.8 Å². The molecule has 0 unspecified atom stereocenters. The molecule has 1 heterocycles. The number of ether oxygens (including phenoxy) is 1. The number of carbonyl (C=O) groups excluding carboxylic acids is 2. The molecule has 0 fully saturated rings. The number of ketones is 2. The molecule has 0 atom stereocenters. The van der Waals surface area contributed by atoms with Crippen LogP contribution >= 0.6 is 0 Å². The van der Waals surface area contributed by atoms with Gasteiger partial charge in [0.15, 0.2) is 17.3 Å². The van der Waals surface area contributed by atoms with E-state index in [0.717, 1.165) is 0 Å². The van der Waals surface area contributed by atoms with E-state index in [2.05, 4.69) is 9.68 Å². The molecule has 0 aliphatic carbocycles. The van der Waals surface area contributed by atoms with Crippen molar-refractivity contribution in [2.75, 3.05) is 7.11 Å². The summed E-state index contributed by atoms with van der Waals surface area (Å²) in [6, 6.07) is 6.60. The summed E-state index contributed by atoms with van der Waals surface area (Å²) in [5, 5.41) is 3.53. The highest BCUT2D eigenvalue weighted by atomic mass is 16.5.